The summed E-state index contributed by atoms with van der Waals surface area (Å²) in [5.74, 6) is -0.131. The number of aromatic hydroxyl groups is 2. The second-order valence-corrected chi connectivity index (χ2v) is 6.58. The topological polar surface area (TPSA) is 99.0 Å². The number of rotatable bonds is 4. The highest BCUT2D eigenvalue weighted by molar-refractivity contribution is 7.88. The van der Waals surface area contributed by atoms with Gasteiger partial charge in [0.15, 0.2) is 0 Å². The van der Waals surface area contributed by atoms with Crippen LogP contribution in [-0.4, -0.2) is 31.1 Å². The minimum Gasteiger partial charge on any atom is -0.508 e. The number of phenolic OH excluding ortho intramolecular Hbond substituents is 2. The van der Waals surface area contributed by atoms with Crippen molar-refractivity contribution < 1.29 is 18.6 Å². The quantitative estimate of drug-likeness (QED) is 0.578. The Morgan fingerprint density at radius 1 is 1.33 bits per heavy atom. The first-order valence-electron chi connectivity index (χ1n) is 6.20. The van der Waals surface area contributed by atoms with Crippen LogP contribution in [0.1, 0.15) is 12.0 Å². The molecule has 0 aromatic heterocycles. The van der Waals surface area contributed by atoms with Gasteiger partial charge in [-0.05, 0) is 12.5 Å². The predicted molar refractivity (Wildman–Crippen MR) is 80.8 cm³/mol. The van der Waals surface area contributed by atoms with E-state index in [-0.39, 0.29) is 11.5 Å². The van der Waals surface area contributed by atoms with Crippen molar-refractivity contribution in [1.82, 2.24) is 4.83 Å². The molecule has 112 valence electrons. The SMILES string of the molecule is CS(=O)(=O)NN=CC1(c2ccc(O)cc2O)C=CC=CC1. The molecule has 0 radical (unpaired) electrons. The van der Waals surface area contributed by atoms with Crippen LogP contribution in [0, 0.1) is 0 Å². The molecule has 2 rings (SSSR count). The smallest absolute Gasteiger partial charge is 0.244 e. The minimum absolute atomic E-state index is 0.0482. The van der Waals surface area contributed by atoms with Crippen molar-refractivity contribution in [1.29, 1.82) is 0 Å². The lowest BCUT2D eigenvalue weighted by Crippen LogP contribution is -2.28. The first-order valence-corrected chi connectivity index (χ1v) is 8.09. The maximum Gasteiger partial charge on any atom is 0.244 e. The molecule has 1 atom stereocenters. The summed E-state index contributed by atoms with van der Waals surface area (Å²) < 4.78 is 22.2. The van der Waals surface area contributed by atoms with Gasteiger partial charge in [-0.25, -0.2) is 13.2 Å². The van der Waals surface area contributed by atoms with Gasteiger partial charge in [0.2, 0.25) is 10.0 Å². The number of allylic oxidation sites excluding steroid dienone is 4. The van der Waals surface area contributed by atoms with E-state index in [1.54, 1.807) is 12.1 Å². The van der Waals surface area contributed by atoms with Gasteiger partial charge in [-0.1, -0.05) is 30.4 Å². The highest BCUT2D eigenvalue weighted by atomic mass is 32.2. The van der Waals surface area contributed by atoms with Crippen LogP contribution in [0.4, 0.5) is 0 Å². The van der Waals surface area contributed by atoms with E-state index in [2.05, 4.69) is 5.10 Å². The van der Waals surface area contributed by atoms with Gasteiger partial charge >= 0.3 is 0 Å². The lowest BCUT2D eigenvalue weighted by atomic mass is 9.76. The Labute approximate surface area is 123 Å². The van der Waals surface area contributed by atoms with Gasteiger partial charge in [0.05, 0.1) is 11.7 Å². The molecular formula is C14H16N2O4S. The second-order valence-electron chi connectivity index (χ2n) is 4.85. The molecule has 0 aliphatic heterocycles. The van der Waals surface area contributed by atoms with E-state index in [4.69, 9.17) is 0 Å². The molecule has 1 aliphatic rings. The van der Waals surface area contributed by atoms with Crippen molar-refractivity contribution in [3.05, 3.63) is 48.1 Å². The van der Waals surface area contributed by atoms with E-state index in [1.165, 1.54) is 18.3 Å². The standard InChI is InChI=1S/C14H16N2O4S/c1-21(19,20)16-15-10-14(7-3-2-4-8-14)12-6-5-11(17)9-13(12)18/h2-7,9-10,16-18H,8H2,1H3. The number of hydrogen-bond donors (Lipinski definition) is 3. The Balaban J connectivity index is 2.43. The molecule has 7 heteroatoms. The van der Waals surface area contributed by atoms with E-state index >= 15 is 0 Å². The number of hydrazone groups is 1. The second kappa shape index (κ2) is 5.61. The average Bonchev–Trinajstić information content (AvgIpc) is 2.38. The fourth-order valence-electron chi connectivity index (χ4n) is 2.15. The third kappa shape index (κ3) is 3.63. The molecule has 0 amide bonds. The Kier molecular flexibility index (Phi) is 4.04. The maximum atomic E-state index is 11.1. The third-order valence-corrected chi connectivity index (χ3v) is 3.53. The minimum atomic E-state index is -3.44. The highest BCUT2D eigenvalue weighted by Crippen LogP contribution is 2.37. The van der Waals surface area contributed by atoms with Crippen LogP contribution in [0.3, 0.4) is 0 Å². The summed E-state index contributed by atoms with van der Waals surface area (Å²) in [6, 6.07) is 4.28. The van der Waals surface area contributed by atoms with Crippen LogP contribution in [0.25, 0.3) is 0 Å². The summed E-state index contributed by atoms with van der Waals surface area (Å²) in [4.78, 5) is 2.05. The molecular weight excluding hydrogens is 292 g/mol. The molecule has 0 spiro atoms. The van der Waals surface area contributed by atoms with Crippen molar-refractivity contribution >= 4 is 16.2 Å². The normalized spacial score (nSPS) is 21.8. The lowest BCUT2D eigenvalue weighted by Gasteiger charge is -2.28. The molecule has 1 unspecified atom stereocenters. The molecule has 0 saturated heterocycles. The van der Waals surface area contributed by atoms with Crippen molar-refractivity contribution in [2.45, 2.75) is 11.8 Å². The molecule has 0 fully saturated rings. The monoisotopic (exact) mass is 308 g/mol. The summed E-state index contributed by atoms with van der Waals surface area (Å²) in [5, 5.41) is 23.2. The zero-order valence-electron chi connectivity index (χ0n) is 11.4. The van der Waals surface area contributed by atoms with Crippen LogP contribution >= 0.6 is 0 Å². The van der Waals surface area contributed by atoms with E-state index < -0.39 is 15.4 Å². The van der Waals surface area contributed by atoms with Gasteiger partial charge in [0, 0.05) is 17.8 Å². The van der Waals surface area contributed by atoms with Crippen LogP contribution in [-0.2, 0) is 15.4 Å². The Morgan fingerprint density at radius 3 is 2.67 bits per heavy atom. The molecule has 6 nitrogen and oxygen atoms in total. The average molecular weight is 308 g/mol. The van der Waals surface area contributed by atoms with E-state index in [0.717, 1.165) is 6.26 Å². The van der Waals surface area contributed by atoms with E-state index in [9.17, 15) is 18.6 Å². The van der Waals surface area contributed by atoms with Gasteiger partial charge < -0.3 is 10.2 Å². The largest absolute Gasteiger partial charge is 0.508 e. The molecule has 0 saturated carbocycles. The fourth-order valence-corrected chi connectivity index (χ4v) is 2.40. The van der Waals surface area contributed by atoms with E-state index in [1.807, 2.05) is 23.1 Å². The highest BCUT2D eigenvalue weighted by Gasteiger charge is 2.30. The lowest BCUT2D eigenvalue weighted by molar-refractivity contribution is 0.441. The fraction of sp³-hybridized carbons (Fsp3) is 0.214. The van der Waals surface area contributed by atoms with Gasteiger partial charge in [-0.15, -0.1) is 0 Å². The number of nitrogens with zero attached hydrogens (tertiary/aromatic N) is 1. The first kappa shape index (κ1) is 15.1. The zero-order valence-corrected chi connectivity index (χ0v) is 12.2. The molecule has 0 bridgehead atoms. The molecule has 1 aliphatic carbocycles. The van der Waals surface area contributed by atoms with Gasteiger partial charge in [-0.3, -0.25) is 0 Å². The Hall–Kier alpha value is -2.28. The summed E-state index contributed by atoms with van der Waals surface area (Å²) in [7, 11) is -3.44. The van der Waals surface area contributed by atoms with Crippen molar-refractivity contribution in [2.75, 3.05) is 6.26 Å². The van der Waals surface area contributed by atoms with Gasteiger partial charge in [-0.2, -0.15) is 5.10 Å². The maximum absolute atomic E-state index is 11.1. The van der Waals surface area contributed by atoms with Crippen LogP contribution in [0.15, 0.2) is 47.6 Å². The Bertz CT molecular complexity index is 722. The Morgan fingerprint density at radius 2 is 2.10 bits per heavy atom. The van der Waals surface area contributed by atoms with Gasteiger partial charge in [0.25, 0.3) is 0 Å². The van der Waals surface area contributed by atoms with Crippen molar-refractivity contribution in [2.24, 2.45) is 5.10 Å². The first-order chi connectivity index (χ1) is 9.82. The third-order valence-electron chi connectivity index (χ3n) is 3.09. The van der Waals surface area contributed by atoms with Crippen molar-refractivity contribution in [3.8, 4) is 11.5 Å². The number of benzene rings is 1. The molecule has 1 aromatic carbocycles. The van der Waals surface area contributed by atoms with Crippen LogP contribution < -0.4 is 4.83 Å². The van der Waals surface area contributed by atoms with Gasteiger partial charge in [0.1, 0.15) is 11.5 Å². The van der Waals surface area contributed by atoms with Crippen LogP contribution in [0.5, 0.6) is 11.5 Å². The summed E-state index contributed by atoms with van der Waals surface area (Å²) in [5.41, 5.74) is -0.246. The summed E-state index contributed by atoms with van der Waals surface area (Å²) in [6.45, 7) is 0. The molecule has 21 heavy (non-hydrogen) atoms. The number of sulfonamides is 1. The molecule has 3 N–H and O–H groups in total. The van der Waals surface area contributed by atoms with E-state index in [0.29, 0.717) is 12.0 Å². The number of nitrogens with one attached hydrogen (secondary N) is 1. The summed E-state index contributed by atoms with van der Waals surface area (Å²) in [6.07, 6.45) is 10.3. The number of phenols is 2. The van der Waals surface area contributed by atoms with Crippen LogP contribution in [0.2, 0.25) is 0 Å². The number of hydrogen-bond acceptors (Lipinski definition) is 5. The van der Waals surface area contributed by atoms with Crippen molar-refractivity contribution in [3.63, 3.8) is 0 Å². The zero-order chi connectivity index (χ0) is 15.5. The predicted octanol–water partition coefficient (Wildman–Crippen LogP) is 1.39. The molecule has 1 aromatic rings. The summed E-state index contributed by atoms with van der Waals surface area (Å²) >= 11 is 0. The molecule has 0 heterocycles.